The molecular weight excluding hydrogens is 397 g/mol. The second-order valence-electron chi connectivity index (χ2n) is 6.34. The van der Waals surface area contributed by atoms with Gasteiger partial charge in [-0.2, -0.15) is 13.2 Å². The third kappa shape index (κ3) is 4.79. The van der Waals surface area contributed by atoms with Gasteiger partial charge < -0.3 is 4.74 Å². The molecule has 0 saturated carbocycles. The topological polar surface area (TPSA) is 46.6 Å². The van der Waals surface area contributed by atoms with Crippen LogP contribution in [0.5, 0.6) is 0 Å². The lowest BCUT2D eigenvalue weighted by molar-refractivity contribution is -0.124. The lowest BCUT2D eigenvalue weighted by Crippen LogP contribution is -2.39. The van der Waals surface area contributed by atoms with E-state index in [2.05, 4.69) is 0 Å². The van der Waals surface area contributed by atoms with Crippen molar-refractivity contribution in [2.24, 2.45) is 0 Å². The molecule has 0 spiro atoms. The quantitative estimate of drug-likeness (QED) is 0.550. The predicted molar refractivity (Wildman–Crippen MR) is 92.5 cm³/mol. The van der Waals surface area contributed by atoms with Gasteiger partial charge in [0.2, 0.25) is 0 Å². The molecule has 3 rings (SSSR count). The summed E-state index contributed by atoms with van der Waals surface area (Å²) < 4.78 is 71.9. The number of imide groups is 1. The molecule has 29 heavy (non-hydrogen) atoms. The zero-order valence-corrected chi connectivity index (χ0v) is 14.7. The highest BCUT2D eigenvalue weighted by molar-refractivity contribution is 6.04. The Kier molecular flexibility index (Phi) is 5.67. The lowest BCUT2D eigenvalue weighted by Gasteiger charge is -2.19. The summed E-state index contributed by atoms with van der Waals surface area (Å²) in [5, 5.41) is 0. The first-order chi connectivity index (χ1) is 13.6. The minimum Gasteiger partial charge on any atom is -0.447 e. The molecule has 2 amide bonds. The summed E-state index contributed by atoms with van der Waals surface area (Å²) >= 11 is 0. The number of hydrogen-bond donors (Lipinski definition) is 0. The number of hydrogen-bond acceptors (Lipinski definition) is 3. The molecule has 1 fully saturated rings. The number of carbonyl (C=O) groups is 2. The van der Waals surface area contributed by atoms with Crippen molar-refractivity contribution in [1.82, 2.24) is 4.90 Å². The van der Waals surface area contributed by atoms with Crippen LogP contribution in [0.4, 0.5) is 26.7 Å². The summed E-state index contributed by atoms with van der Waals surface area (Å²) in [7, 11) is 0. The number of allylic oxidation sites excluding steroid dienone is 1. The number of halogens is 5. The number of alkyl halides is 3. The molecule has 1 aliphatic heterocycles. The van der Waals surface area contributed by atoms with Crippen LogP contribution in [-0.2, 0) is 16.0 Å². The van der Waals surface area contributed by atoms with Crippen molar-refractivity contribution < 1.29 is 36.3 Å². The maximum atomic E-state index is 13.5. The average molecular weight is 411 g/mol. The molecule has 0 N–H and O–H groups in total. The molecule has 4 nitrogen and oxygen atoms in total. The Balaban J connectivity index is 1.94. The third-order valence-electron chi connectivity index (χ3n) is 4.26. The van der Waals surface area contributed by atoms with Crippen LogP contribution in [0.1, 0.15) is 11.1 Å². The Hall–Kier alpha value is -3.23. The summed E-state index contributed by atoms with van der Waals surface area (Å²) in [6.45, 7) is -0.177. The average Bonchev–Trinajstić information content (AvgIpc) is 2.99. The Morgan fingerprint density at radius 3 is 2.31 bits per heavy atom. The van der Waals surface area contributed by atoms with E-state index in [0.29, 0.717) is 23.1 Å². The molecule has 1 unspecified atom stereocenters. The first kappa shape index (κ1) is 20.5. The normalized spacial score (nSPS) is 17.4. The number of rotatable bonds is 4. The van der Waals surface area contributed by atoms with Crippen LogP contribution in [0.15, 0.2) is 54.6 Å². The predicted octanol–water partition coefficient (Wildman–Crippen LogP) is 4.50. The van der Waals surface area contributed by atoms with Crippen molar-refractivity contribution in [2.45, 2.75) is 18.6 Å². The number of carbonyl (C=O) groups excluding carboxylic acids is 2. The van der Waals surface area contributed by atoms with E-state index < -0.39 is 47.0 Å². The maximum Gasteiger partial charge on any atom is 0.417 e. The van der Waals surface area contributed by atoms with Crippen LogP contribution in [0, 0.1) is 11.6 Å². The van der Waals surface area contributed by atoms with Crippen molar-refractivity contribution in [3.63, 3.8) is 0 Å². The number of cyclic esters (lactones) is 1. The van der Waals surface area contributed by atoms with E-state index in [1.165, 1.54) is 0 Å². The van der Waals surface area contributed by atoms with Gasteiger partial charge in [-0.15, -0.1) is 0 Å². The molecule has 0 aromatic heterocycles. The Morgan fingerprint density at radius 2 is 1.72 bits per heavy atom. The molecule has 9 heteroatoms. The van der Waals surface area contributed by atoms with E-state index in [-0.39, 0.29) is 19.1 Å². The van der Waals surface area contributed by atoms with Gasteiger partial charge in [0.05, 0.1) is 11.6 Å². The van der Waals surface area contributed by atoms with E-state index in [9.17, 15) is 31.5 Å². The van der Waals surface area contributed by atoms with Crippen LogP contribution in [0.25, 0.3) is 5.57 Å². The summed E-state index contributed by atoms with van der Waals surface area (Å²) in [6, 6.07) is 9.21. The van der Waals surface area contributed by atoms with E-state index in [4.69, 9.17) is 4.74 Å². The fraction of sp³-hybridized carbons (Fsp3) is 0.200. The number of amides is 2. The molecule has 0 bridgehead atoms. The summed E-state index contributed by atoms with van der Waals surface area (Å²) in [5.74, 6) is -3.75. The van der Waals surface area contributed by atoms with Gasteiger partial charge in [-0.1, -0.05) is 30.3 Å². The second kappa shape index (κ2) is 8.02. The van der Waals surface area contributed by atoms with Gasteiger partial charge >= 0.3 is 12.3 Å². The van der Waals surface area contributed by atoms with E-state index in [0.717, 1.165) is 5.56 Å². The first-order valence-corrected chi connectivity index (χ1v) is 8.44. The van der Waals surface area contributed by atoms with Gasteiger partial charge in [0, 0.05) is 12.1 Å². The smallest absolute Gasteiger partial charge is 0.417 e. The first-order valence-electron chi connectivity index (χ1n) is 8.44. The molecule has 0 radical (unpaired) electrons. The molecule has 1 aliphatic rings. The van der Waals surface area contributed by atoms with Gasteiger partial charge in [0.25, 0.3) is 5.91 Å². The Bertz CT molecular complexity index is 936. The Morgan fingerprint density at radius 1 is 1.10 bits per heavy atom. The monoisotopic (exact) mass is 411 g/mol. The van der Waals surface area contributed by atoms with Crippen molar-refractivity contribution >= 4 is 17.6 Å². The van der Waals surface area contributed by atoms with Crippen LogP contribution < -0.4 is 0 Å². The van der Waals surface area contributed by atoms with E-state index in [1.54, 1.807) is 30.3 Å². The minimum absolute atomic E-state index is 0.152. The highest BCUT2D eigenvalue weighted by Crippen LogP contribution is 2.35. The molecule has 1 saturated heterocycles. The highest BCUT2D eigenvalue weighted by atomic mass is 19.4. The van der Waals surface area contributed by atoms with E-state index in [1.807, 2.05) is 0 Å². The molecule has 2 aromatic rings. The van der Waals surface area contributed by atoms with Crippen molar-refractivity contribution in [3.8, 4) is 0 Å². The molecule has 1 atom stereocenters. The van der Waals surface area contributed by atoms with E-state index >= 15 is 0 Å². The molecule has 2 aromatic carbocycles. The summed E-state index contributed by atoms with van der Waals surface area (Å²) in [4.78, 5) is 25.0. The largest absolute Gasteiger partial charge is 0.447 e. The van der Waals surface area contributed by atoms with Crippen LogP contribution in [-0.4, -0.2) is 35.7 Å². The Labute approximate surface area is 162 Å². The fourth-order valence-electron chi connectivity index (χ4n) is 3.00. The molecule has 152 valence electrons. The van der Waals surface area contributed by atoms with Crippen LogP contribution in [0.2, 0.25) is 0 Å². The third-order valence-corrected chi connectivity index (χ3v) is 4.26. The van der Waals surface area contributed by atoms with Gasteiger partial charge in [-0.25, -0.2) is 18.5 Å². The van der Waals surface area contributed by atoms with Crippen molar-refractivity contribution in [2.75, 3.05) is 6.61 Å². The standard InChI is InChI=1S/C20H14F5NO3/c21-14-7-13(8-15(22)9-14)17(20(23,24)25)10-18(27)26-16(11-29-19(26)28)6-12-4-2-1-3-5-12/h1-5,7-10,16H,6,11H2. The van der Waals surface area contributed by atoms with Crippen molar-refractivity contribution in [3.05, 3.63) is 77.4 Å². The SMILES string of the molecule is O=C(C=C(c1cc(F)cc(F)c1)C(F)(F)F)N1C(=O)OCC1Cc1ccccc1. The van der Waals surface area contributed by atoms with Crippen molar-refractivity contribution in [1.29, 1.82) is 0 Å². The van der Waals surface area contributed by atoms with Crippen LogP contribution >= 0.6 is 0 Å². The molecule has 1 heterocycles. The number of benzene rings is 2. The molecule has 0 aliphatic carbocycles. The number of ether oxygens (including phenoxy) is 1. The second-order valence-corrected chi connectivity index (χ2v) is 6.34. The van der Waals surface area contributed by atoms with Gasteiger partial charge in [0.15, 0.2) is 0 Å². The zero-order chi connectivity index (χ0) is 21.2. The number of nitrogens with zero attached hydrogens (tertiary/aromatic N) is 1. The van der Waals surface area contributed by atoms with Gasteiger partial charge in [-0.05, 0) is 29.7 Å². The van der Waals surface area contributed by atoms with Gasteiger partial charge in [0.1, 0.15) is 18.2 Å². The zero-order valence-electron chi connectivity index (χ0n) is 14.7. The maximum absolute atomic E-state index is 13.5. The fourth-order valence-corrected chi connectivity index (χ4v) is 3.00. The highest BCUT2D eigenvalue weighted by Gasteiger charge is 2.40. The minimum atomic E-state index is -5.09. The van der Waals surface area contributed by atoms with Gasteiger partial charge in [-0.3, -0.25) is 4.79 Å². The summed E-state index contributed by atoms with van der Waals surface area (Å²) in [6.07, 6.45) is -5.84. The lowest BCUT2D eigenvalue weighted by atomic mass is 10.0. The van der Waals surface area contributed by atoms with Crippen LogP contribution in [0.3, 0.4) is 0 Å². The molecular formula is C20H14F5NO3. The summed E-state index contributed by atoms with van der Waals surface area (Å²) in [5.41, 5.74) is -1.68.